The van der Waals surface area contributed by atoms with Gasteiger partial charge in [0.2, 0.25) is 0 Å². The summed E-state index contributed by atoms with van der Waals surface area (Å²) >= 11 is 12.1. The molecule has 0 heterocycles. The predicted octanol–water partition coefficient (Wildman–Crippen LogP) is 4.61. The summed E-state index contributed by atoms with van der Waals surface area (Å²) < 4.78 is 4.72. The Labute approximate surface area is 129 Å². The van der Waals surface area contributed by atoms with Crippen molar-refractivity contribution < 1.29 is 9.53 Å². The molecule has 6 heteroatoms. The molecule has 0 aliphatic heterocycles. The molecular formula is C14H18Cl2N2O2. The van der Waals surface area contributed by atoms with E-state index in [1.54, 1.807) is 25.3 Å². The van der Waals surface area contributed by atoms with Gasteiger partial charge in [-0.3, -0.25) is 0 Å². The maximum Gasteiger partial charge on any atom is 0.427 e. The van der Waals surface area contributed by atoms with Gasteiger partial charge >= 0.3 is 6.09 Å². The Morgan fingerprint density at radius 2 is 2.20 bits per heavy atom. The third kappa shape index (κ3) is 5.39. The standard InChI is InChI=1S/C14H18Cl2N2O2/c1-3-5-10(9-17-18-14(19)20-4-2)12-7-6-11(15)8-13(12)16/h6-10H,3-5H2,1-2H3,(H,18,19). The van der Waals surface area contributed by atoms with Crippen molar-refractivity contribution in [1.82, 2.24) is 5.43 Å². The average Bonchev–Trinajstić information content (AvgIpc) is 2.38. The zero-order valence-corrected chi connectivity index (χ0v) is 13.0. The molecule has 0 spiro atoms. The first-order chi connectivity index (χ1) is 9.58. The van der Waals surface area contributed by atoms with Crippen LogP contribution in [0.3, 0.4) is 0 Å². The molecule has 4 nitrogen and oxygen atoms in total. The first kappa shape index (κ1) is 16.8. The minimum atomic E-state index is -0.568. The van der Waals surface area contributed by atoms with Crippen LogP contribution in [-0.2, 0) is 4.74 Å². The molecule has 1 aromatic rings. The van der Waals surface area contributed by atoms with Crippen molar-refractivity contribution in [3.63, 3.8) is 0 Å². The Morgan fingerprint density at radius 1 is 1.45 bits per heavy atom. The number of carbonyl (C=O) groups is 1. The summed E-state index contributed by atoms with van der Waals surface area (Å²) in [5.41, 5.74) is 3.25. The van der Waals surface area contributed by atoms with Crippen LogP contribution >= 0.6 is 23.2 Å². The molecule has 0 bridgehead atoms. The highest BCUT2D eigenvalue weighted by Crippen LogP contribution is 2.29. The number of nitrogens with one attached hydrogen (secondary N) is 1. The van der Waals surface area contributed by atoms with Crippen LogP contribution in [-0.4, -0.2) is 18.9 Å². The fraction of sp³-hybridized carbons (Fsp3) is 0.429. The van der Waals surface area contributed by atoms with Gasteiger partial charge in [-0.25, -0.2) is 10.2 Å². The van der Waals surface area contributed by atoms with Gasteiger partial charge in [0.05, 0.1) is 6.61 Å². The lowest BCUT2D eigenvalue weighted by atomic mass is 9.96. The number of halogens is 2. The Balaban J connectivity index is 2.78. The van der Waals surface area contributed by atoms with Crippen molar-refractivity contribution >= 4 is 35.5 Å². The second-order valence-electron chi connectivity index (χ2n) is 4.17. The van der Waals surface area contributed by atoms with Gasteiger partial charge < -0.3 is 4.74 Å². The summed E-state index contributed by atoms with van der Waals surface area (Å²) in [4.78, 5) is 11.1. The van der Waals surface area contributed by atoms with Crippen LogP contribution in [0.2, 0.25) is 10.0 Å². The molecule has 1 unspecified atom stereocenters. The number of carbonyl (C=O) groups excluding carboxylic acids is 1. The molecule has 0 saturated heterocycles. The van der Waals surface area contributed by atoms with Crippen LogP contribution < -0.4 is 5.43 Å². The number of rotatable bonds is 6. The molecule has 0 aliphatic carbocycles. The van der Waals surface area contributed by atoms with Crippen LogP contribution in [0.15, 0.2) is 23.3 Å². The molecule has 1 atom stereocenters. The maximum atomic E-state index is 11.1. The number of ether oxygens (including phenoxy) is 1. The molecule has 1 N–H and O–H groups in total. The molecule has 1 aromatic carbocycles. The monoisotopic (exact) mass is 316 g/mol. The molecule has 0 fully saturated rings. The largest absolute Gasteiger partial charge is 0.449 e. The Kier molecular flexibility index (Phi) is 7.41. The Bertz CT molecular complexity index is 478. The molecule has 1 amide bonds. The molecule has 20 heavy (non-hydrogen) atoms. The maximum absolute atomic E-state index is 11.1. The lowest BCUT2D eigenvalue weighted by Gasteiger charge is -2.13. The lowest BCUT2D eigenvalue weighted by Crippen LogP contribution is -2.19. The number of nitrogens with zero attached hydrogens (tertiary/aromatic N) is 1. The summed E-state index contributed by atoms with van der Waals surface area (Å²) in [7, 11) is 0. The van der Waals surface area contributed by atoms with Crippen molar-refractivity contribution in [2.75, 3.05) is 6.61 Å². The van der Waals surface area contributed by atoms with Crippen molar-refractivity contribution in [2.45, 2.75) is 32.6 Å². The highest BCUT2D eigenvalue weighted by molar-refractivity contribution is 6.35. The van der Waals surface area contributed by atoms with Gasteiger partial charge in [0.15, 0.2) is 0 Å². The first-order valence-corrected chi connectivity index (χ1v) is 7.25. The summed E-state index contributed by atoms with van der Waals surface area (Å²) in [6.45, 7) is 4.11. The topological polar surface area (TPSA) is 50.7 Å². The number of hydrogen-bond acceptors (Lipinski definition) is 3. The van der Waals surface area contributed by atoms with Crippen molar-refractivity contribution in [2.24, 2.45) is 5.10 Å². The molecular weight excluding hydrogens is 299 g/mol. The first-order valence-electron chi connectivity index (χ1n) is 6.49. The number of hydrogen-bond donors (Lipinski definition) is 1. The van der Waals surface area contributed by atoms with Gasteiger partial charge in [-0.15, -0.1) is 0 Å². The molecule has 0 aromatic heterocycles. The van der Waals surface area contributed by atoms with Crippen LogP contribution in [0.4, 0.5) is 4.79 Å². The van der Waals surface area contributed by atoms with Gasteiger partial charge in [0.25, 0.3) is 0 Å². The summed E-state index contributed by atoms with van der Waals surface area (Å²) in [6.07, 6.45) is 2.93. The molecule has 0 aliphatic rings. The minimum absolute atomic E-state index is 0.0201. The number of amides is 1. The van der Waals surface area contributed by atoms with Crippen LogP contribution in [0.25, 0.3) is 0 Å². The third-order valence-electron chi connectivity index (χ3n) is 2.65. The highest BCUT2D eigenvalue weighted by Gasteiger charge is 2.12. The van der Waals surface area contributed by atoms with E-state index < -0.39 is 6.09 Å². The minimum Gasteiger partial charge on any atom is -0.449 e. The van der Waals surface area contributed by atoms with Crippen LogP contribution in [0.5, 0.6) is 0 Å². The lowest BCUT2D eigenvalue weighted by molar-refractivity contribution is 0.152. The number of hydrazone groups is 1. The summed E-state index contributed by atoms with van der Waals surface area (Å²) in [5.74, 6) is 0.0201. The molecule has 110 valence electrons. The normalized spacial score (nSPS) is 12.4. The zero-order valence-electron chi connectivity index (χ0n) is 11.5. The van der Waals surface area contributed by atoms with E-state index >= 15 is 0 Å². The second-order valence-corrected chi connectivity index (χ2v) is 5.02. The van der Waals surface area contributed by atoms with Gasteiger partial charge in [0.1, 0.15) is 0 Å². The quantitative estimate of drug-likeness (QED) is 0.615. The fourth-order valence-corrected chi connectivity index (χ4v) is 2.32. The third-order valence-corrected chi connectivity index (χ3v) is 3.21. The van der Waals surface area contributed by atoms with E-state index in [0.717, 1.165) is 18.4 Å². The van der Waals surface area contributed by atoms with Crippen molar-refractivity contribution in [3.8, 4) is 0 Å². The van der Waals surface area contributed by atoms with Crippen LogP contribution in [0.1, 0.15) is 38.2 Å². The Hall–Kier alpha value is -1.26. The van der Waals surface area contributed by atoms with Gasteiger partial charge in [0, 0.05) is 22.2 Å². The van der Waals surface area contributed by atoms with E-state index in [0.29, 0.717) is 16.7 Å². The smallest absolute Gasteiger partial charge is 0.427 e. The van der Waals surface area contributed by atoms with E-state index in [4.69, 9.17) is 27.9 Å². The van der Waals surface area contributed by atoms with Gasteiger partial charge in [-0.2, -0.15) is 5.10 Å². The SMILES string of the molecule is CCCC(C=NNC(=O)OCC)c1ccc(Cl)cc1Cl. The van der Waals surface area contributed by atoms with E-state index in [-0.39, 0.29) is 5.92 Å². The van der Waals surface area contributed by atoms with Crippen LogP contribution in [0, 0.1) is 0 Å². The van der Waals surface area contributed by atoms with E-state index in [2.05, 4.69) is 17.5 Å². The predicted molar refractivity (Wildman–Crippen MR) is 82.8 cm³/mol. The molecule has 1 rings (SSSR count). The summed E-state index contributed by atoms with van der Waals surface area (Å²) in [6, 6.07) is 5.37. The van der Waals surface area contributed by atoms with Crippen molar-refractivity contribution in [3.05, 3.63) is 33.8 Å². The van der Waals surface area contributed by atoms with E-state index in [1.165, 1.54) is 0 Å². The van der Waals surface area contributed by atoms with E-state index in [9.17, 15) is 4.79 Å². The van der Waals surface area contributed by atoms with Gasteiger partial charge in [-0.1, -0.05) is 42.6 Å². The average molecular weight is 317 g/mol. The highest BCUT2D eigenvalue weighted by atomic mass is 35.5. The zero-order chi connectivity index (χ0) is 15.0. The molecule has 0 saturated carbocycles. The van der Waals surface area contributed by atoms with Crippen molar-refractivity contribution in [1.29, 1.82) is 0 Å². The van der Waals surface area contributed by atoms with Gasteiger partial charge in [-0.05, 0) is 31.0 Å². The Morgan fingerprint density at radius 3 is 2.80 bits per heavy atom. The second kappa shape index (κ2) is 8.82. The molecule has 0 radical (unpaired) electrons. The fourth-order valence-electron chi connectivity index (χ4n) is 1.77. The summed E-state index contributed by atoms with van der Waals surface area (Å²) in [5, 5.41) is 5.10. The number of benzene rings is 1. The van der Waals surface area contributed by atoms with E-state index in [1.807, 2.05) is 6.07 Å².